The van der Waals surface area contributed by atoms with E-state index < -0.39 is 5.92 Å². The first-order chi connectivity index (χ1) is 18.0. The van der Waals surface area contributed by atoms with Gasteiger partial charge in [-0.3, -0.25) is 20.0 Å². The summed E-state index contributed by atoms with van der Waals surface area (Å²) in [6.45, 7) is 0.581. The molecule has 184 valence electrons. The highest BCUT2D eigenvalue weighted by Gasteiger charge is 2.37. The molecule has 6 aromatic rings. The van der Waals surface area contributed by atoms with Crippen LogP contribution in [0.3, 0.4) is 0 Å². The van der Waals surface area contributed by atoms with E-state index >= 15 is 0 Å². The number of imidazole rings is 1. The SMILES string of the molecule is FC1(F)CCN(Cc2cncc(-c3ccc4[nH]nc(-c5nc6c(-c7cccs7)nccc6[nH]5)c4n3)c2)C1. The van der Waals surface area contributed by atoms with Gasteiger partial charge in [0.05, 0.1) is 28.1 Å². The average Bonchev–Trinajstić information content (AvgIpc) is 3.69. The predicted octanol–water partition coefficient (Wildman–Crippen LogP) is 5.53. The molecule has 0 saturated carbocycles. The van der Waals surface area contributed by atoms with E-state index in [1.165, 1.54) is 0 Å². The maximum atomic E-state index is 13.6. The monoisotopic (exact) mass is 514 g/mol. The molecule has 0 unspecified atom stereocenters. The van der Waals surface area contributed by atoms with Gasteiger partial charge in [0.25, 0.3) is 5.92 Å². The number of pyridine rings is 3. The number of thiophene rings is 1. The fourth-order valence-corrected chi connectivity index (χ4v) is 5.50. The Morgan fingerprint density at radius 3 is 2.78 bits per heavy atom. The van der Waals surface area contributed by atoms with Crippen LogP contribution in [-0.4, -0.2) is 59.0 Å². The van der Waals surface area contributed by atoms with Crippen LogP contribution in [0.1, 0.15) is 12.0 Å². The smallest absolute Gasteiger partial charge is 0.261 e. The molecule has 37 heavy (non-hydrogen) atoms. The summed E-state index contributed by atoms with van der Waals surface area (Å²) >= 11 is 1.61. The maximum absolute atomic E-state index is 13.6. The second kappa shape index (κ2) is 8.49. The van der Waals surface area contributed by atoms with E-state index in [2.05, 4.69) is 25.1 Å². The fraction of sp³-hybridized carbons (Fsp3) is 0.192. The van der Waals surface area contributed by atoms with Crippen molar-refractivity contribution in [3.63, 3.8) is 0 Å². The lowest BCUT2D eigenvalue weighted by Gasteiger charge is -2.15. The molecule has 11 heteroatoms. The highest BCUT2D eigenvalue weighted by atomic mass is 32.1. The van der Waals surface area contributed by atoms with Crippen molar-refractivity contribution in [1.82, 2.24) is 40.0 Å². The van der Waals surface area contributed by atoms with Crippen molar-refractivity contribution in [3.8, 4) is 33.3 Å². The van der Waals surface area contributed by atoms with E-state index in [1.807, 2.05) is 41.8 Å². The number of nitrogens with zero attached hydrogens (tertiary/aromatic N) is 6. The minimum absolute atomic E-state index is 0.103. The molecule has 6 aromatic heterocycles. The minimum Gasteiger partial charge on any atom is -0.336 e. The zero-order valence-corrected chi connectivity index (χ0v) is 20.3. The maximum Gasteiger partial charge on any atom is 0.261 e. The van der Waals surface area contributed by atoms with Gasteiger partial charge in [-0.25, -0.2) is 18.7 Å². The molecule has 2 N–H and O–H groups in total. The third kappa shape index (κ3) is 4.05. The topological polar surface area (TPSA) is 99.3 Å². The van der Waals surface area contributed by atoms with Crippen LogP contribution in [0.2, 0.25) is 0 Å². The number of aromatic amines is 2. The average molecular weight is 515 g/mol. The number of hydrogen-bond donors (Lipinski definition) is 2. The number of alkyl halides is 2. The van der Waals surface area contributed by atoms with Crippen LogP contribution < -0.4 is 0 Å². The summed E-state index contributed by atoms with van der Waals surface area (Å²) in [5.41, 5.74) is 6.92. The van der Waals surface area contributed by atoms with Crippen molar-refractivity contribution in [1.29, 1.82) is 0 Å². The summed E-state index contributed by atoms with van der Waals surface area (Å²) in [4.78, 5) is 24.8. The summed E-state index contributed by atoms with van der Waals surface area (Å²) in [5.74, 6) is -2.02. The normalized spacial score (nSPS) is 15.7. The number of H-pyrrole nitrogens is 2. The molecular weight excluding hydrogens is 494 g/mol. The van der Waals surface area contributed by atoms with Gasteiger partial charge in [0.15, 0.2) is 11.5 Å². The van der Waals surface area contributed by atoms with Gasteiger partial charge < -0.3 is 4.98 Å². The van der Waals surface area contributed by atoms with E-state index in [4.69, 9.17) is 9.97 Å². The number of halogens is 2. The Hall–Kier alpha value is -4.09. The number of aromatic nitrogens is 7. The summed E-state index contributed by atoms with van der Waals surface area (Å²) in [6.07, 6.45) is 5.11. The Kier molecular flexibility index (Phi) is 5.08. The third-order valence-corrected chi connectivity index (χ3v) is 7.41. The summed E-state index contributed by atoms with van der Waals surface area (Å²) in [5, 5.41) is 9.55. The van der Waals surface area contributed by atoms with Gasteiger partial charge in [-0.05, 0) is 41.3 Å². The van der Waals surface area contributed by atoms with Gasteiger partial charge >= 0.3 is 0 Å². The third-order valence-electron chi connectivity index (χ3n) is 6.53. The summed E-state index contributed by atoms with van der Waals surface area (Å²) < 4.78 is 27.2. The van der Waals surface area contributed by atoms with Crippen LogP contribution in [0, 0.1) is 0 Å². The lowest BCUT2D eigenvalue weighted by atomic mass is 10.1. The molecular formula is C26H20F2N8S. The molecule has 0 aliphatic carbocycles. The van der Waals surface area contributed by atoms with E-state index in [1.54, 1.807) is 34.8 Å². The highest BCUT2D eigenvalue weighted by Crippen LogP contribution is 2.33. The summed E-state index contributed by atoms with van der Waals surface area (Å²) in [7, 11) is 0. The quantitative estimate of drug-likeness (QED) is 0.314. The second-order valence-corrected chi connectivity index (χ2v) is 10.1. The number of likely N-dealkylation sites (tertiary alicyclic amines) is 1. The van der Waals surface area contributed by atoms with E-state index in [-0.39, 0.29) is 13.0 Å². The largest absolute Gasteiger partial charge is 0.336 e. The number of hydrogen-bond acceptors (Lipinski definition) is 7. The number of fused-ring (bicyclic) bond motifs is 2. The standard InChI is InChI=1S/C26H20F2N8S/c27-26(28)6-8-36(14-26)13-15-10-16(12-29-11-15)17-3-4-19-22(31-17)24(35-34-19)25-32-18-5-7-30-23(21(18)33-25)20-2-1-9-37-20/h1-5,7,9-12H,6,8,13-14H2,(H,32,33)(H,34,35). The highest BCUT2D eigenvalue weighted by molar-refractivity contribution is 7.13. The molecule has 1 saturated heterocycles. The van der Waals surface area contributed by atoms with Crippen LogP contribution >= 0.6 is 11.3 Å². The molecule has 1 aliphatic rings. The van der Waals surface area contributed by atoms with E-state index in [0.717, 1.165) is 38.2 Å². The van der Waals surface area contributed by atoms with E-state index in [9.17, 15) is 8.78 Å². The molecule has 7 rings (SSSR count). The van der Waals surface area contributed by atoms with Crippen molar-refractivity contribution in [2.45, 2.75) is 18.9 Å². The van der Waals surface area contributed by atoms with Crippen LogP contribution in [0.4, 0.5) is 8.78 Å². The molecule has 0 atom stereocenters. The van der Waals surface area contributed by atoms with E-state index in [0.29, 0.717) is 35.8 Å². The Bertz CT molecular complexity index is 1740. The van der Waals surface area contributed by atoms with Crippen LogP contribution in [0.5, 0.6) is 0 Å². The molecule has 0 bridgehead atoms. The van der Waals surface area contributed by atoms with Crippen LogP contribution in [0.25, 0.3) is 55.4 Å². The molecule has 8 nitrogen and oxygen atoms in total. The molecule has 0 spiro atoms. The predicted molar refractivity (Wildman–Crippen MR) is 138 cm³/mol. The van der Waals surface area contributed by atoms with Gasteiger partial charge in [0, 0.05) is 43.7 Å². The molecule has 1 aliphatic heterocycles. The number of rotatable bonds is 5. The van der Waals surface area contributed by atoms with Gasteiger partial charge in [0.1, 0.15) is 16.7 Å². The first kappa shape index (κ1) is 22.1. The fourth-order valence-electron chi connectivity index (χ4n) is 4.78. The Balaban J connectivity index is 1.24. The van der Waals surface area contributed by atoms with Gasteiger partial charge in [-0.1, -0.05) is 6.07 Å². The first-order valence-corrected chi connectivity index (χ1v) is 12.7. The molecule has 1 fully saturated rings. The van der Waals surface area contributed by atoms with Crippen molar-refractivity contribution in [2.24, 2.45) is 0 Å². The van der Waals surface area contributed by atoms with Gasteiger partial charge in [-0.15, -0.1) is 11.3 Å². The van der Waals surface area contributed by atoms with Crippen molar-refractivity contribution >= 4 is 33.4 Å². The van der Waals surface area contributed by atoms with Gasteiger partial charge in [-0.2, -0.15) is 5.10 Å². The molecule has 0 amide bonds. The van der Waals surface area contributed by atoms with Crippen molar-refractivity contribution < 1.29 is 8.78 Å². The summed E-state index contributed by atoms with van der Waals surface area (Å²) in [6, 6.07) is 11.7. The van der Waals surface area contributed by atoms with Crippen LogP contribution in [-0.2, 0) is 6.54 Å². The molecule has 0 aromatic carbocycles. The van der Waals surface area contributed by atoms with Crippen molar-refractivity contribution in [2.75, 3.05) is 13.1 Å². The lowest BCUT2D eigenvalue weighted by Crippen LogP contribution is -2.24. The Morgan fingerprint density at radius 2 is 1.95 bits per heavy atom. The minimum atomic E-state index is -2.62. The number of nitrogens with one attached hydrogen (secondary N) is 2. The van der Waals surface area contributed by atoms with Crippen molar-refractivity contribution in [3.05, 3.63) is 65.9 Å². The Labute approximate surface area is 213 Å². The molecule has 7 heterocycles. The molecule has 0 radical (unpaired) electrons. The Morgan fingerprint density at radius 1 is 1.03 bits per heavy atom. The zero-order chi connectivity index (χ0) is 25.0. The first-order valence-electron chi connectivity index (χ1n) is 11.8. The second-order valence-electron chi connectivity index (χ2n) is 9.18. The zero-order valence-electron chi connectivity index (χ0n) is 19.4. The lowest BCUT2D eigenvalue weighted by molar-refractivity contribution is 0.0115. The van der Waals surface area contributed by atoms with Crippen LogP contribution in [0.15, 0.2) is 60.4 Å². The van der Waals surface area contributed by atoms with Gasteiger partial charge in [0.2, 0.25) is 0 Å².